The lowest BCUT2D eigenvalue weighted by Crippen LogP contribution is -2.46. The lowest BCUT2D eigenvalue weighted by atomic mass is 9.82. The minimum absolute atomic E-state index is 0.0182. The molecule has 0 aliphatic carbocycles. The van der Waals surface area contributed by atoms with Crippen LogP contribution in [0.5, 0.6) is 28.7 Å². The molecule has 1 aromatic heterocycles. The zero-order valence-electron chi connectivity index (χ0n) is 21.4. The highest BCUT2D eigenvalue weighted by molar-refractivity contribution is 5.90. The molecule has 3 aliphatic heterocycles. The Morgan fingerprint density at radius 2 is 1.93 bits per heavy atom. The van der Waals surface area contributed by atoms with Crippen LogP contribution in [0.4, 0.5) is 8.78 Å². The second kappa shape index (κ2) is 9.45. The number of hydrogen-bond acceptors (Lipinski definition) is 10. The van der Waals surface area contributed by atoms with Crippen molar-refractivity contribution in [3.8, 4) is 28.7 Å². The number of benzene rings is 2. The van der Waals surface area contributed by atoms with Crippen molar-refractivity contribution >= 4 is 5.91 Å². The van der Waals surface area contributed by atoms with Crippen LogP contribution >= 0.6 is 0 Å². The van der Waals surface area contributed by atoms with E-state index in [0.29, 0.717) is 34.7 Å². The molecule has 0 radical (unpaired) electrons. The number of methoxy groups -OCH3 is 1. The molecule has 1 unspecified atom stereocenters. The second-order valence-corrected chi connectivity index (χ2v) is 9.92. The summed E-state index contributed by atoms with van der Waals surface area (Å²) in [5.74, 6) is 0.549. The number of aliphatic hydroxyl groups is 2. The van der Waals surface area contributed by atoms with Gasteiger partial charge in [0.15, 0.2) is 11.5 Å². The van der Waals surface area contributed by atoms with Crippen molar-refractivity contribution in [2.75, 3.05) is 20.3 Å². The SMILES string of the molecule is COc1ccc2c(c1)O[C@@H](c1cnc([C@H](O)CO)cn1)C[C@H]2NC(=O)C1(C)COc2cc3c(cc21)OC(F)(F)O3. The summed E-state index contributed by atoms with van der Waals surface area (Å²) in [5.41, 5.74) is 0.552. The maximum Gasteiger partial charge on any atom is 0.586 e. The van der Waals surface area contributed by atoms with Crippen molar-refractivity contribution in [2.24, 2.45) is 0 Å². The van der Waals surface area contributed by atoms with E-state index in [0.717, 1.165) is 0 Å². The van der Waals surface area contributed by atoms with Gasteiger partial charge in [-0.05, 0) is 25.1 Å². The maximum atomic E-state index is 13.8. The molecule has 11 nitrogen and oxygen atoms in total. The van der Waals surface area contributed by atoms with Crippen LogP contribution in [-0.4, -0.2) is 52.7 Å². The number of fused-ring (bicyclic) bond motifs is 3. The first-order chi connectivity index (χ1) is 19.1. The van der Waals surface area contributed by atoms with Crippen molar-refractivity contribution in [1.82, 2.24) is 15.3 Å². The summed E-state index contributed by atoms with van der Waals surface area (Å²) in [6, 6.07) is 7.37. The first-order valence-electron chi connectivity index (χ1n) is 12.4. The average Bonchev–Trinajstić information content (AvgIpc) is 3.45. The van der Waals surface area contributed by atoms with Crippen molar-refractivity contribution in [1.29, 1.82) is 0 Å². The van der Waals surface area contributed by atoms with E-state index in [1.165, 1.54) is 31.6 Å². The van der Waals surface area contributed by atoms with Crippen LogP contribution in [0.1, 0.15) is 54.1 Å². The number of ether oxygens (including phenoxy) is 5. The number of rotatable bonds is 6. The van der Waals surface area contributed by atoms with Gasteiger partial charge in [-0.2, -0.15) is 0 Å². The quantitative estimate of drug-likeness (QED) is 0.414. The molecule has 210 valence electrons. The van der Waals surface area contributed by atoms with E-state index in [-0.39, 0.29) is 29.5 Å². The molecule has 3 aromatic rings. The molecule has 0 saturated carbocycles. The molecule has 2 aromatic carbocycles. The fourth-order valence-electron chi connectivity index (χ4n) is 5.01. The molecule has 3 N–H and O–H groups in total. The number of alkyl halides is 2. The minimum atomic E-state index is -3.80. The normalized spacial score (nSPS) is 24.2. The van der Waals surface area contributed by atoms with Crippen LogP contribution in [-0.2, 0) is 10.2 Å². The summed E-state index contributed by atoms with van der Waals surface area (Å²) in [7, 11) is 1.53. The predicted molar refractivity (Wildman–Crippen MR) is 131 cm³/mol. The van der Waals surface area contributed by atoms with E-state index in [1.54, 1.807) is 25.1 Å². The zero-order chi connectivity index (χ0) is 28.2. The summed E-state index contributed by atoms with van der Waals surface area (Å²) in [4.78, 5) is 22.3. The van der Waals surface area contributed by atoms with Gasteiger partial charge in [0.25, 0.3) is 0 Å². The van der Waals surface area contributed by atoms with Gasteiger partial charge in [-0.3, -0.25) is 14.8 Å². The molecular weight excluding hydrogens is 532 g/mol. The number of carbonyl (C=O) groups excluding carboxylic acids is 1. The van der Waals surface area contributed by atoms with Crippen LogP contribution < -0.4 is 29.0 Å². The molecule has 0 spiro atoms. The Morgan fingerprint density at radius 3 is 2.62 bits per heavy atom. The average molecular weight is 558 g/mol. The van der Waals surface area contributed by atoms with Crippen LogP contribution in [0, 0.1) is 0 Å². The van der Waals surface area contributed by atoms with Gasteiger partial charge in [0, 0.05) is 29.7 Å². The molecule has 40 heavy (non-hydrogen) atoms. The zero-order valence-corrected chi connectivity index (χ0v) is 21.4. The van der Waals surface area contributed by atoms with Gasteiger partial charge in [0.2, 0.25) is 5.91 Å². The van der Waals surface area contributed by atoms with Gasteiger partial charge in [0.05, 0.1) is 43.5 Å². The monoisotopic (exact) mass is 557 g/mol. The van der Waals surface area contributed by atoms with Gasteiger partial charge >= 0.3 is 6.29 Å². The molecule has 0 bridgehead atoms. The molecule has 6 rings (SSSR count). The smallest absolute Gasteiger partial charge is 0.497 e. The number of halogens is 2. The van der Waals surface area contributed by atoms with E-state index in [9.17, 15) is 23.8 Å². The Hall–Kier alpha value is -4.23. The van der Waals surface area contributed by atoms with Gasteiger partial charge < -0.3 is 39.2 Å². The Balaban J connectivity index is 1.29. The van der Waals surface area contributed by atoms with Crippen LogP contribution in [0.2, 0.25) is 0 Å². The third kappa shape index (κ3) is 4.40. The number of hydrogen-bond donors (Lipinski definition) is 3. The second-order valence-electron chi connectivity index (χ2n) is 9.92. The number of aliphatic hydroxyl groups excluding tert-OH is 2. The molecular formula is C27H25F2N3O8. The predicted octanol–water partition coefficient (Wildman–Crippen LogP) is 2.86. The van der Waals surface area contributed by atoms with E-state index >= 15 is 0 Å². The minimum Gasteiger partial charge on any atom is -0.497 e. The standard InChI is InChI=1S/C27H25F2N3O8/c1-26(12-37-21-8-24-23(6-15(21)26)39-27(28,29)40-24)25(35)32-16-7-22(18-10-30-17(9-31-18)19(34)11-33)38-20-5-13(36-2)3-4-14(16)20/h3-6,8-10,16,19,22,33-34H,7,11-12H2,1-2H3,(H,32,35)/t16-,19-,22-,26?/m1/s1. The number of amides is 1. The Morgan fingerprint density at radius 1 is 1.15 bits per heavy atom. The summed E-state index contributed by atoms with van der Waals surface area (Å²) < 4.78 is 53.6. The third-order valence-corrected chi connectivity index (χ3v) is 7.27. The Bertz CT molecular complexity index is 1470. The number of nitrogens with zero attached hydrogens (tertiary/aromatic N) is 2. The molecule has 13 heteroatoms. The van der Waals surface area contributed by atoms with Gasteiger partial charge in [-0.1, -0.05) is 0 Å². The molecule has 3 aliphatic rings. The summed E-state index contributed by atoms with van der Waals surface area (Å²) in [6.45, 7) is 1.15. The third-order valence-electron chi connectivity index (χ3n) is 7.27. The number of nitrogens with one attached hydrogen (secondary N) is 1. The molecule has 4 heterocycles. The number of aromatic nitrogens is 2. The largest absolute Gasteiger partial charge is 0.586 e. The highest BCUT2D eigenvalue weighted by atomic mass is 19.3. The summed E-state index contributed by atoms with van der Waals surface area (Å²) in [5, 5.41) is 22.1. The lowest BCUT2D eigenvalue weighted by Gasteiger charge is -2.34. The first kappa shape index (κ1) is 26.0. The van der Waals surface area contributed by atoms with Gasteiger partial charge in [-0.15, -0.1) is 8.78 Å². The van der Waals surface area contributed by atoms with Crippen LogP contribution in [0.25, 0.3) is 0 Å². The van der Waals surface area contributed by atoms with Gasteiger partial charge in [-0.25, -0.2) is 0 Å². The van der Waals surface area contributed by atoms with Crippen molar-refractivity contribution in [3.05, 3.63) is 65.2 Å². The van der Waals surface area contributed by atoms with Crippen LogP contribution in [0.3, 0.4) is 0 Å². The molecule has 0 saturated heterocycles. The van der Waals surface area contributed by atoms with E-state index in [4.69, 9.17) is 14.2 Å². The maximum absolute atomic E-state index is 13.8. The molecule has 0 fully saturated rings. The van der Waals surface area contributed by atoms with Crippen molar-refractivity contribution < 1.29 is 47.5 Å². The summed E-state index contributed by atoms with van der Waals surface area (Å²) in [6.07, 6.45) is -2.48. The fraction of sp³-hybridized carbons (Fsp3) is 0.370. The van der Waals surface area contributed by atoms with Crippen molar-refractivity contribution in [2.45, 2.75) is 43.3 Å². The van der Waals surface area contributed by atoms with E-state index < -0.39 is 42.5 Å². The van der Waals surface area contributed by atoms with Crippen molar-refractivity contribution in [3.63, 3.8) is 0 Å². The number of carbonyl (C=O) groups is 1. The Kier molecular flexibility index (Phi) is 6.15. The molecule has 1 amide bonds. The van der Waals surface area contributed by atoms with E-state index in [2.05, 4.69) is 24.8 Å². The Labute approximate surface area is 226 Å². The topological polar surface area (TPSA) is 141 Å². The highest BCUT2D eigenvalue weighted by Gasteiger charge is 2.49. The highest BCUT2D eigenvalue weighted by Crippen LogP contribution is 2.50. The van der Waals surface area contributed by atoms with Crippen LogP contribution in [0.15, 0.2) is 42.7 Å². The summed E-state index contributed by atoms with van der Waals surface area (Å²) >= 11 is 0. The molecule has 4 atom stereocenters. The van der Waals surface area contributed by atoms with Gasteiger partial charge in [0.1, 0.15) is 41.5 Å². The fourth-order valence-corrected chi connectivity index (χ4v) is 5.01. The lowest BCUT2D eigenvalue weighted by molar-refractivity contribution is -0.286. The first-order valence-corrected chi connectivity index (χ1v) is 12.4. The van der Waals surface area contributed by atoms with E-state index in [1.807, 2.05) is 0 Å².